The van der Waals surface area contributed by atoms with E-state index < -0.39 is 5.97 Å². The van der Waals surface area contributed by atoms with Crippen molar-refractivity contribution in [2.24, 2.45) is 7.05 Å². The van der Waals surface area contributed by atoms with E-state index in [0.717, 1.165) is 29.9 Å². The molecule has 1 fully saturated rings. The lowest BCUT2D eigenvalue weighted by Gasteiger charge is -2.27. The molecule has 12 heteroatoms. The van der Waals surface area contributed by atoms with Crippen molar-refractivity contribution < 1.29 is 19.4 Å². The topological polar surface area (TPSA) is 94.6 Å². The van der Waals surface area contributed by atoms with Crippen molar-refractivity contribution in [3.05, 3.63) is 65.9 Å². The second kappa shape index (κ2) is 13.8. The lowest BCUT2D eigenvalue weighted by atomic mass is 9.96. The number of halogens is 3. The van der Waals surface area contributed by atoms with Crippen molar-refractivity contribution in [3.63, 3.8) is 0 Å². The van der Waals surface area contributed by atoms with E-state index in [1.807, 2.05) is 42.1 Å². The van der Waals surface area contributed by atoms with Gasteiger partial charge in [0.2, 0.25) is 0 Å². The quantitative estimate of drug-likeness (QED) is 0.321. The molecule has 9 nitrogen and oxygen atoms in total. The van der Waals surface area contributed by atoms with Crippen LogP contribution >= 0.6 is 37.2 Å². The molecule has 1 saturated heterocycles. The molecule has 0 amide bonds. The number of hydrogen-bond acceptors (Lipinski definition) is 7. The van der Waals surface area contributed by atoms with Gasteiger partial charge in [-0.3, -0.25) is 14.6 Å². The third-order valence-electron chi connectivity index (χ3n) is 6.49. The number of morpholine rings is 1. The molecule has 5 rings (SSSR count). The minimum absolute atomic E-state index is 0. The van der Waals surface area contributed by atoms with E-state index in [2.05, 4.69) is 15.0 Å². The first-order valence-corrected chi connectivity index (χ1v) is 11.8. The maximum absolute atomic E-state index is 13.4. The molecule has 1 aliphatic rings. The number of carbonyl (C=O) groups excluding carboxylic acids is 1. The molecule has 1 aromatic carbocycles. The van der Waals surface area contributed by atoms with Crippen LogP contribution in [0.4, 0.5) is 0 Å². The summed E-state index contributed by atoms with van der Waals surface area (Å²) in [6.45, 7) is 5.84. The summed E-state index contributed by atoms with van der Waals surface area (Å²) in [4.78, 5) is 19.9. The maximum atomic E-state index is 13.4. The van der Waals surface area contributed by atoms with Gasteiger partial charge in [-0.05, 0) is 25.1 Å². The number of aromatic hydroxyl groups is 1. The molecule has 1 N–H and O–H groups in total. The first-order valence-electron chi connectivity index (χ1n) is 11.8. The summed E-state index contributed by atoms with van der Waals surface area (Å²) < 4.78 is 14.8. The van der Waals surface area contributed by atoms with Crippen LogP contribution in [-0.2, 0) is 29.6 Å². The monoisotopic (exact) mass is 583 g/mol. The highest BCUT2D eigenvalue weighted by atomic mass is 35.5. The van der Waals surface area contributed by atoms with Gasteiger partial charge in [-0.15, -0.1) is 37.2 Å². The Bertz CT molecular complexity index is 1340. The van der Waals surface area contributed by atoms with Crippen molar-refractivity contribution in [2.45, 2.75) is 20.0 Å². The predicted octanol–water partition coefficient (Wildman–Crippen LogP) is 4.47. The highest BCUT2D eigenvalue weighted by molar-refractivity contribution is 6.09. The normalized spacial score (nSPS) is 13.3. The number of hydrogen-bond donors (Lipinski definition) is 1. The Morgan fingerprint density at radius 3 is 2.53 bits per heavy atom. The van der Waals surface area contributed by atoms with E-state index in [9.17, 15) is 9.90 Å². The number of carbonyl (C=O) groups is 1. The van der Waals surface area contributed by atoms with Crippen LogP contribution in [0.1, 0.15) is 28.5 Å². The number of aromatic nitrogens is 4. The average Bonchev–Trinajstić information content (AvgIpc) is 3.48. The van der Waals surface area contributed by atoms with Gasteiger partial charge in [0, 0.05) is 79.2 Å². The molecule has 38 heavy (non-hydrogen) atoms. The van der Waals surface area contributed by atoms with Crippen LogP contribution in [0, 0.1) is 0 Å². The molecule has 1 aliphatic heterocycles. The molecular weight excluding hydrogens is 553 g/mol. The molecule has 0 atom stereocenters. The minimum atomic E-state index is -0.392. The summed E-state index contributed by atoms with van der Waals surface area (Å²) in [6.07, 6.45) is 6.96. The average molecular weight is 585 g/mol. The lowest BCUT2D eigenvalue weighted by Crippen LogP contribution is -2.36. The van der Waals surface area contributed by atoms with Gasteiger partial charge in [0.05, 0.1) is 37.4 Å². The molecule has 4 aromatic rings. The third-order valence-corrected chi connectivity index (χ3v) is 6.49. The smallest absolute Gasteiger partial charge is 0.340 e. The molecule has 0 bridgehead atoms. The summed E-state index contributed by atoms with van der Waals surface area (Å²) >= 11 is 0. The summed E-state index contributed by atoms with van der Waals surface area (Å²) in [5.41, 5.74) is 4.26. The number of ether oxygens (including phenoxy) is 2. The van der Waals surface area contributed by atoms with Gasteiger partial charge in [-0.25, -0.2) is 4.79 Å². The van der Waals surface area contributed by atoms with Crippen LogP contribution in [-0.4, -0.2) is 68.2 Å². The number of nitrogens with zero attached hydrogens (tertiary/aromatic N) is 5. The number of aryl methyl sites for hydroxylation is 1. The van der Waals surface area contributed by atoms with Crippen LogP contribution in [0.2, 0.25) is 0 Å². The Balaban J connectivity index is 0.00000169. The van der Waals surface area contributed by atoms with Gasteiger partial charge >= 0.3 is 5.97 Å². The Morgan fingerprint density at radius 1 is 1.13 bits per heavy atom. The van der Waals surface area contributed by atoms with E-state index in [0.29, 0.717) is 48.4 Å². The molecule has 3 aromatic heterocycles. The summed E-state index contributed by atoms with van der Waals surface area (Å²) in [7, 11) is 1.96. The van der Waals surface area contributed by atoms with Gasteiger partial charge in [0.15, 0.2) is 0 Å². The highest BCUT2D eigenvalue weighted by Gasteiger charge is 2.29. The number of pyridine rings is 1. The zero-order valence-electron chi connectivity index (χ0n) is 21.2. The molecule has 0 unspecified atom stereocenters. The predicted molar refractivity (Wildman–Crippen MR) is 153 cm³/mol. The summed E-state index contributed by atoms with van der Waals surface area (Å²) in [5, 5.41) is 16.6. The fourth-order valence-corrected chi connectivity index (χ4v) is 4.75. The van der Waals surface area contributed by atoms with Crippen molar-refractivity contribution in [1.82, 2.24) is 24.2 Å². The fourth-order valence-electron chi connectivity index (χ4n) is 4.75. The van der Waals surface area contributed by atoms with E-state index in [1.165, 1.54) is 0 Å². The van der Waals surface area contributed by atoms with Crippen molar-refractivity contribution in [3.8, 4) is 16.9 Å². The van der Waals surface area contributed by atoms with Crippen LogP contribution in [0.15, 0.2) is 49.1 Å². The second-order valence-corrected chi connectivity index (χ2v) is 8.58. The zero-order chi connectivity index (χ0) is 24.4. The molecule has 0 spiro atoms. The molecule has 0 aliphatic carbocycles. The highest BCUT2D eigenvalue weighted by Crippen LogP contribution is 2.41. The van der Waals surface area contributed by atoms with Gasteiger partial charge in [0.25, 0.3) is 0 Å². The number of fused-ring (bicyclic) bond motifs is 1. The fraction of sp³-hybridized carbons (Fsp3) is 0.346. The van der Waals surface area contributed by atoms with E-state index in [4.69, 9.17) is 9.47 Å². The first-order chi connectivity index (χ1) is 17.1. The van der Waals surface area contributed by atoms with Crippen molar-refractivity contribution in [1.29, 1.82) is 0 Å². The number of esters is 1. The van der Waals surface area contributed by atoms with Crippen LogP contribution in [0.3, 0.4) is 0 Å². The number of phenolic OH excluding ortho intramolecular Hbond substituents is 1. The van der Waals surface area contributed by atoms with Gasteiger partial charge in [0.1, 0.15) is 5.75 Å². The number of rotatable bonds is 7. The third kappa shape index (κ3) is 6.08. The first kappa shape index (κ1) is 31.4. The van der Waals surface area contributed by atoms with Crippen LogP contribution in [0.25, 0.3) is 22.0 Å². The Morgan fingerprint density at radius 2 is 1.89 bits per heavy atom. The van der Waals surface area contributed by atoms with E-state index in [-0.39, 0.29) is 49.6 Å². The van der Waals surface area contributed by atoms with E-state index in [1.54, 1.807) is 30.2 Å². The Labute approximate surface area is 240 Å². The van der Waals surface area contributed by atoms with E-state index >= 15 is 0 Å². The van der Waals surface area contributed by atoms with Gasteiger partial charge in [-0.2, -0.15) is 5.10 Å². The number of phenols is 1. The van der Waals surface area contributed by atoms with Crippen molar-refractivity contribution in [2.75, 3.05) is 32.9 Å². The Kier molecular flexibility index (Phi) is 11.4. The molecule has 4 heterocycles. The van der Waals surface area contributed by atoms with Gasteiger partial charge in [-0.1, -0.05) is 6.07 Å². The van der Waals surface area contributed by atoms with Crippen molar-refractivity contribution >= 4 is 54.1 Å². The zero-order valence-corrected chi connectivity index (χ0v) is 23.7. The van der Waals surface area contributed by atoms with Crippen LogP contribution in [0.5, 0.6) is 5.75 Å². The summed E-state index contributed by atoms with van der Waals surface area (Å²) in [5.74, 6) is -0.285. The van der Waals surface area contributed by atoms with Crippen LogP contribution < -0.4 is 0 Å². The lowest BCUT2D eigenvalue weighted by molar-refractivity contribution is 0.0328. The molecule has 0 radical (unpaired) electrons. The standard InChI is InChI=1S/C26H29N5O4.3ClH/c1-3-35-26(33)24-22(17-30-10-12-34-13-11-30)29(2)21-14-19(18-6-4-7-27-15-18)25(32)20(23(21)24)16-31-9-5-8-28-31;;;/h4-9,14-15,32H,3,10-13,16-17H2,1-2H3;3*1H. The molecular formula is C26H32Cl3N5O4. The number of benzene rings is 1. The maximum Gasteiger partial charge on any atom is 0.340 e. The summed E-state index contributed by atoms with van der Waals surface area (Å²) in [6, 6.07) is 7.51. The van der Waals surface area contributed by atoms with Gasteiger partial charge < -0.3 is 19.1 Å². The molecule has 0 saturated carbocycles. The largest absolute Gasteiger partial charge is 0.507 e. The SMILES string of the molecule is CCOC(=O)c1c(CN2CCOCC2)n(C)c2cc(-c3cccnc3)c(O)c(Cn3cccn3)c12.Cl.Cl.Cl. The Hall–Kier alpha value is -2.82. The molecule has 206 valence electrons. The minimum Gasteiger partial charge on any atom is -0.507 e. The second-order valence-electron chi connectivity index (χ2n) is 8.58.